The normalized spacial score (nSPS) is 21.0. The summed E-state index contributed by atoms with van der Waals surface area (Å²) in [5, 5.41) is 3.51. The maximum Gasteiger partial charge on any atom is 0.432 e. The number of alkyl halides is 4. The average molecular weight is 560 g/mol. The van der Waals surface area contributed by atoms with Gasteiger partial charge in [-0.1, -0.05) is 30.3 Å². The predicted molar refractivity (Wildman–Crippen MR) is 129 cm³/mol. The monoisotopic (exact) mass is 558 g/mol. The minimum atomic E-state index is -4.67. The van der Waals surface area contributed by atoms with E-state index in [-0.39, 0.29) is 12.5 Å². The second-order valence-corrected chi connectivity index (χ2v) is 9.35. The van der Waals surface area contributed by atoms with E-state index in [1.165, 1.54) is 5.01 Å². The number of piperazine rings is 1. The topological polar surface area (TPSA) is 48.4 Å². The molecule has 34 heavy (non-hydrogen) atoms. The van der Waals surface area contributed by atoms with Crippen LogP contribution in [-0.2, 0) is 4.79 Å². The fourth-order valence-electron chi connectivity index (χ4n) is 4.19. The van der Waals surface area contributed by atoms with Gasteiger partial charge in [0.25, 0.3) is 0 Å². The van der Waals surface area contributed by atoms with Crippen molar-refractivity contribution in [3.8, 4) is 5.75 Å². The highest BCUT2D eigenvalue weighted by Gasteiger charge is 2.50. The van der Waals surface area contributed by atoms with Crippen LogP contribution in [0.4, 0.5) is 18.9 Å². The van der Waals surface area contributed by atoms with Crippen molar-refractivity contribution in [2.45, 2.75) is 17.6 Å². The maximum absolute atomic E-state index is 13.5. The number of hydrogen-bond donors (Lipinski definition) is 0. The first-order chi connectivity index (χ1) is 16.2. The number of amides is 1. The molecule has 4 rings (SSSR count). The molecule has 0 spiro atoms. The van der Waals surface area contributed by atoms with Crippen LogP contribution in [0.2, 0.25) is 0 Å². The lowest BCUT2D eigenvalue weighted by atomic mass is 10.0. The Hall–Kier alpha value is -2.46. The van der Waals surface area contributed by atoms with Gasteiger partial charge in [-0.05, 0) is 33.6 Å². The van der Waals surface area contributed by atoms with Gasteiger partial charge in [0.2, 0.25) is 5.91 Å². The first-order valence-corrected chi connectivity index (χ1v) is 11.9. The SMILES string of the molecule is COc1cc(N2CCN(C(=O)CN3N=C(C(F)(F)F)C(Cl)C3c3ccccc3)CC2)ccc1Br. The van der Waals surface area contributed by atoms with Gasteiger partial charge in [0, 0.05) is 37.9 Å². The van der Waals surface area contributed by atoms with Crippen molar-refractivity contribution < 1.29 is 22.7 Å². The molecule has 0 radical (unpaired) electrons. The molecule has 1 saturated heterocycles. The van der Waals surface area contributed by atoms with Gasteiger partial charge in [0.1, 0.15) is 17.7 Å². The fraction of sp³-hybridized carbons (Fsp3) is 0.391. The van der Waals surface area contributed by atoms with E-state index in [1.54, 1.807) is 42.3 Å². The van der Waals surface area contributed by atoms with Crippen LogP contribution in [0.3, 0.4) is 0 Å². The highest BCUT2D eigenvalue weighted by atomic mass is 79.9. The van der Waals surface area contributed by atoms with Gasteiger partial charge in [-0.25, -0.2) is 0 Å². The number of carbonyl (C=O) groups excluding carboxylic acids is 1. The zero-order valence-corrected chi connectivity index (χ0v) is 20.6. The number of nitrogens with zero attached hydrogens (tertiary/aromatic N) is 4. The Kier molecular flexibility index (Phi) is 7.28. The molecule has 2 atom stereocenters. The molecular weight excluding hydrogens is 537 g/mol. The Morgan fingerprint density at radius 1 is 1.15 bits per heavy atom. The van der Waals surface area contributed by atoms with Crippen LogP contribution in [-0.4, -0.2) is 72.9 Å². The molecule has 0 bridgehead atoms. The van der Waals surface area contributed by atoms with Crippen molar-refractivity contribution in [1.29, 1.82) is 0 Å². The number of hydrogen-bond acceptors (Lipinski definition) is 5. The van der Waals surface area contributed by atoms with Crippen molar-refractivity contribution in [1.82, 2.24) is 9.91 Å². The number of halogens is 5. The summed E-state index contributed by atoms with van der Waals surface area (Å²) in [4.78, 5) is 16.8. The molecule has 182 valence electrons. The molecule has 2 aliphatic rings. The molecule has 2 aromatic rings. The van der Waals surface area contributed by atoms with E-state index in [4.69, 9.17) is 16.3 Å². The predicted octanol–water partition coefficient (Wildman–Crippen LogP) is 4.69. The number of anilines is 1. The summed E-state index contributed by atoms with van der Waals surface area (Å²) in [6.07, 6.45) is -4.67. The number of benzene rings is 2. The fourth-order valence-corrected chi connectivity index (χ4v) is 5.04. The summed E-state index contributed by atoms with van der Waals surface area (Å²) in [5.41, 5.74) is 0.470. The van der Waals surface area contributed by atoms with Gasteiger partial charge in [-0.3, -0.25) is 9.80 Å². The van der Waals surface area contributed by atoms with Crippen molar-refractivity contribution in [3.63, 3.8) is 0 Å². The average Bonchev–Trinajstić information content (AvgIpc) is 3.16. The molecule has 0 aliphatic carbocycles. The lowest BCUT2D eigenvalue weighted by molar-refractivity contribution is -0.133. The van der Waals surface area contributed by atoms with Crippen LogP contribution in [0.25, 0.3) is 0 Å². The largest absolute Gasteiger partial charge is 0.495 e. The van der Waals surface area contributed by atoms with Gasteiger partial charge in [0.05, 0.1) is 17.6 Å². The summed E-state index contributed by atoms with van der Waals surface area (Å²) in [7, 11) is 1.60. The Morgan fingerprint density at radius 2 is 1.82 bits per heavy atom. The van der Waals surface area contributed by atoms with E-state index in [2.05, 4.69) is 25.9 Å². The number of carbonyl (C=O) groups is 1. The van der Waals surface area contributed by atoms with Gasteiger partial charge < -0.3 is 14.5 Å². The smallest absolute Gasteiger partial charge is 0.432 e. The third kappa shape index (κ3) is 5.12. The van der Waals surface area contributed by atoms with E-state index >= 15 is 0 Å². The van der Waals surface area contributed by atoms with Crippen LogP contribution < -0.4 is 9.64 Å². The molecule has 1 fully saturated rings. The standard InChI is InChI=1S/C23H23BrClF3N4O2/c1-34-18-13-16(7-8-17(18)24)30-9-11-31(12-10-30)19(33)14-32-21(15-5-3-2-4-6-15)20(25)22(29-32)23(26,27)28/h2-8,13,20-21H,9-12,14H2,1H3. The van der Waals surface area contributed by atoms with Crippen molar-refractivity contribution in [3.05, 3.63) is 58.6 Å². The summed E-state index contributed by atoms with van der Waals surface area (Å²) >= 11 is 9.65. The second kappa shape index (κ2) is 10.0. The van der Waals surface area contributed by atoms with E-state index < -0.39 is 23.3 Å². The van der Waals surface area contributed by atoms with Crippen molar-refractivity contribution >= 4 is 44.8 Å². The maximum atomic E-state index is 13.5. The van der Waals surface area contributed by atoms with Crippen LogP contribution in [0, 0.1) is 0 Å². The third-order valence-electron chi connectivity index (χ3n) is 5.96. The minimum absolute atomic E-state index is 0.283. The van der Waals surface area contributed by atoms with Crippen LogP contribution in [0.1, 0.15) is 11.6 Å². The molecule has 0 N–H and O–H groups in total. The highest BCUT2D eigenvalue weighted by molar-refractivity contribution is 9.10. The van der Waals surface area contributed by atoms with E-state index in [0.717, 1.165) is 10.2 Å². The first kappa shape index (κ1) is 24.7. The summed E-state index contributed by atoms with van der Waals surface area (Å²) in [6.45, 7) is 1.79. The van der Waals surface area contributed by atoms with Crippen LogP contribution >= 0.6 is 27.5 Å². The molecule has 2 unspecified atom stereocenters. The Morgan fingerprint density at radius 3 is 2.44 bits per heavy atom. The summed E-state index contributed by atoms with van der Waals surface area (Å²) < 4.78 is 46.7. The van der Waals surface area contributed by atoms with Crippen molar-refractivity contribution in [2.24, 2.45) is 5.10 Å². The van der Waals surface area contributed by atoms with Crippen LogP contribution in [0.5, 0.6) is 5.75 Å². The number of methoxy groups -OCH3 is 1. The highest BCUT2D eigenvalue weighted by Crippen LogP contribution is 2.39. The Balaban J connectivity index is 1.44. The third-order valence-corrected chi connectivity index (χ3v) is 7.06. The quantitative estimate of drug-likeness (QED) is 0.499. The lowest BCUT2D eigenvalue weighted by Gasteiger charge is -2.37. The van der Waals surface area contributed by atoms with Gasteiger partial charge in [0.15, 0.2) is 5.71 Å². The van der Waals surface area contributed by atoms with Crippen molar-refractivity contribution in [2.75, 3.05) is 44.7 Å². The van der Waals surface area contributed by atoms with E-state index in [0.29, 0.717) is 37.5 Å². The molecule has 2 heterocycles. The number of hydrazone groups is 1. The molecule has 2 aromatic carbocycles. The number of rotatable bonds is 5. The van der Waals surface area contributed by atoms with Crippen LogP contribution in [0.15, 0.2) is 58.1 Å². The molecule has 11 heteroatoms. The molecule has 0 saturated carbocycles. The summed E-state index contributed by atoms with van der Waals surface area (Å²) in [6, 6.07) is 13.5. The molecular formula is C23H23BrClF3N4O2. The molecule has 6 nitrogen and oxygen atoms in total. The zero-order chi connectivity index (χ0) is 24.5. The zero-order valence-electron chi connectivity index (χ0n) is 18.3. The summed E-state index contributed by atoms with van der Waals surface area (Å²) in [5.74, 6) is 0.427. The molecule has 2 aliphatic heterocycles. The first-order valence-electron chi connectivity index (χ1n) is 10.7. The van der Waals surface area contributed by atoms with Gasteiger partial charge >= 0.3 is 6.18 Å². The van der Waals surface area contributed by atoms with E-state index in [1.807, 2.05) is 18.2 Å². The van der Waals surface area contributed by atoms with E-state index in [9.17, 15) is 18.0 Å². The molecule has 1 amide bonds. The second-order valence-electron chi connectivity index (χ2n) is 8.02. The Labute approximate surface area is 209 Å². The van der Waals surface area contributed by atoms with Gasteiger partial charge in [-0.2, -0.15) is 18.3 Å². The minimum Gasteiger partial charge on any atom is -0.495 e. The van der Waals surface area contributed by atoms with Gasteiger partial charge in [-0.15, -0.1) is 11.6 Å². The molecule has 0 aromatic heterocycles. The lowest BCUT2D eigenvalue weighted by Crippen LogP contribution is -2.51. The number of ether oxygens (including phenoxy) is 1. The Bertz CT molecular complexity index is 1060.